The van der Waals surface area contributed by atoms with E-state index in [4.69, 9.17) is 9.97 Å². The molecule has 7 aromatic carbocycles. The van der Waals surface area contributed by atoms with Gasteiger partial charge < -0.3 is 0 Å². The van der Waals surface area contributed by atoms with E-state index in [2.05, 4.69) is 218 Å². The summed E-state index contributed by atoms with van der Waals surface area (Å²) in [6, 6.07) is 73.2. The first kappa shape index (κ1) is 32.5. The highest BCUT2D eigenvalue weighted by molar-refractivity contribution is 5.88. The normalized spacial score (nSPS) is 18.0. The Kier molecular flexibility index (Phi) is 7.47. The lowest BCUT2D eigenvalue weighted by atomic mass is 9.43. The Balaban J connectivity index is 1.29. The van der Waals surface area contributed by atoms with Crippen LogP contribution in [0.3, 0.4) is 0 Å². The van der Waals surface area contributed by atoms with Gasteiger partial charge >= 0.3 is 0 Å². The van der Waals surface area contributed by atoms with Gasteiger partial charge in [-0.05, 0) is 56.1 Å². The Morgan fingerprint density at radius 2 is 0.839 bits per heavy atom. The van der Waals surface area contributed by atoms with Crippen LogP contribution in [0.5, 0.6) is 0 Å². The molecule has 3 aliphatic rings. The SMILES string of the molecule is C1=CC2C(C(c3cc(-c4ccccc4)nc(-c4ccccc4)n3)=C1)C(c1ccccc1)(c1ccccc1)c1ccccc1C21c2ccccc2-c2ccccc21. The van der Waals surface area contributed by atoms with Crippen LogP contribution in [0.15, 0.2) is 218 Å². The van der Waals surface area contributed by atoms with Crippen LogP contribution in [0.4, 0.5) is 0 Å². The van der Waals surface area contributed by atoms with Crippen molar-refractivity contribution in [3.05, 3.63) is 257 Å². The summed E-state index contributed by atoms with van der Waals surface area (Å²) in [5.41, 5.74) is 14.7. The van der Waals surface area contributed by atoms with E-state index < -0.39 is 10.8 Å². The topological polar surface area (TPSA) is 25.8 Å². The molecule has 1 aromatic heterocycles. The van der Waals surface area contributed by atoms with E-state index in [0.717, 1.165) is 28.3 Å². The molecule has 11 rings (SSSR count). The minimum Gasteiger partial charge on any atom is -0.228 e. The zero-order valence-corrected chi connectivity index (χ0v) is 30.8. The summed E-state index contributed by atoms with van der Waals surface area (Å²) in [7, 11) is 0. The lowest BCUT2D eigenvalue weighted by Gasteiger charge is -2.58. The van der Waals surface area contributed by atoms with Crippen molar-refractivity contribution in [2.45, 2.75) is 10.8 Å². The lowest BCUT2D eigenvalue weighted by molar-refractivity contribution is 0.259. The van der Waals surface area contributed by atoms with Crippen molar-refractivity contribution in [3.63, 3.8) is 0 Å². The van der Waals surface area contributed by atoms with Crippen LogP contribution in [0, 0.1) is 11.8 Å². The molecule has 2 unspecified atom stereocenters. The predicted molar refractivity (Wildman–Crippen MR) is 228 cm³/mol. The second-order valence-electron chi connectivity index (χ2n) is 15.2. The Labute approximate surface area is 328 Å². The van der Waals surface area contributed by atoms with Crippen LogP contribution >= 0.6 is 0 Å². The van der Waals surface area contributed by atoms with Crippen LogP contribution in [-0.4, -0.2) is 9.97 Å². The molecule has 0 saturated carbocycles. The third kappa shape index (κ3) is 4.56. The maximum Gasteiger partial charge on any atom is 0.160 e. The average Bonchev–Trinajstić information content (AvgIpc) is 3.58. The van der Waals surface area contributed by atoms with Crippen LogP contribution in [-0.2, 0) is 10.8 Å². The molecule has 56 heavy (non-hydrogen) atoms. The van der Waals surface area contributed by atoms with Crippen molar-refractivity contribution >= 4 is 5.57 Å². The summed E-state index contributed by atoms with van der Waals surface area (Å²) in [6.07, 6.45) is 7.17. The van der Waals surface area contributed by atoms with Gasteiger partial charge in [-0.15, -0.1) is 0 Å². The highest BCUT2D eigenvalue weighted by atomic mass is 14.9. The molecule has 0 saturated heterocycles. The van der Waals surface area contributed by atoms with Crippen molar-refractivity contribution in [1.29, 1.82) is 0 Å². The number of rotatable bonds is 5. The summed E-state index contributed by atoms with van der Waals surface area (Å²) < 4.78 is 0. The van der Waals surface area contributed by atoms with E-state index in [1.165, 1.54) is 50.1 Å². The van der Waals surface area contributed by atoms with Gasteiger partial charge in [0.25, 0.3) is 0 Å². The molecule has 2 atom stereocenters. The minimum absolute atomic E-state index is 0.0120. The van der Waals surface area contributed by atoms with Gasteiger partial charge in [0.2, 0.25) is 0 Å². The van der Waals surface area contributed by atoms with E-state index in [1.807, 2.05) is 0 Å². The number of nitrogens with zero attached hydrogens (tertiary/aromatic N) is 2. The third-order valence-corrected chi connectivity index (χ3v) is 12.6. The first-order chi connectivity index (χ1) is 27.8. The summed E-state index contributed by atoms with van der Waals surface area (Å²) in [6.45, 7) is 0. The third-order valence-electron chi connectivity index (χ3n) is 12.6. The molecule has 2 heteroatoms. The Morgan fingerprint density at radius 1 is 0.393 bits per heavy atom. The molecule has 0 amide bonds. The maximum absolute atomic E-state index is 5.54. The fraction of sp³-hybridized carbons (Fsp3) is 0.0741. The molecule has 0 fully saturated rings. The van der Waals surface area contributed by atoms with E-state index in [0.29, 0.717) is 0 Å². The highest BCUT2D eigenvalue weighted by Gasteiger charge is 2.63. The number of benzene rings is 7. The molecular formula is C54H38N2. The van der Waals surface area contributed by atoms with E-state index >= 15 is 0 Å². The Morgan fingerprint density at radius 3 is 1.41 bits per heavy atom. The minimum atomic E-state index is -0.580. The molecule has 0 bridgehead atoms. The molecule has 0 aliphatic heterocycles. The number of hydrogen-bond donors (Lipinski definition) is 0. The second-order valence-corrected chi connectivity index (χ2v) is 15.2. The largest absolute Gasteiger partial charge is 0.228 e. The maximum atomic E-state index is 5.54. The smallest absolute Gasteiger partial charge is 0.160 e. The number of fused-ring (bicyclic) bond motifs is 9. The zero-order valence-electron chi connectivity index (χ0n) is 30.8. The van der Waals surface area contributed by atoms with Crippen LogP contribution in [0.1, 0.15) is 39.1 Å². The van der Waals surface area contributed by atoms with Crippen LogP contribution in [0.25, 0.3) is 39.3 Å². The molecule has 8 aromatic rings. The summed E-state index contributed by atoms with van der Waals surface area (Å²) in [5, 5.41) is 0. The first-order valence-electron chi connectivity index (χ1n) is 19.6. The van der Waals surface area contributed by atoms with Crippen LogP contribution in [0.2, 0.25) is 0 Å². The molecule has 1 spiro atoms. The molecule has 0 N–H and O–H groups in total. The highest BCUT2D eigenvalue weighted by Crippen LogP contribution is 2.69. The molecule has 2 nitrogen and oxygen atoms in total. The van der Waals surface area contributed by atoms with Crippen molar-refractivity contribution in [2.75, 3.05) is 0 Å². The van der Waals surface area contributed by atoms with Gasteiger partial charge in [0.15, 0.2) is 5.82 Å². The molecular weight excluding hydrogens is 677 g/mol. The molecule has 0 radical (unpaired) electrons. The van der Waals surface area contributed by atoms with Crippen molar-refractivity contribution in [2.24, 2.45) is 11.8 Å². The summed E-state index contributed by atoms with van der Waals surface area (Å²) >= 11 is 0. The molecule has 1 heterocycles. The monoisotopic (exact) mass is 714 g/mol. The van der Waals surface area contributed by atoms with Gasteiger partial charge in [0, 0.05) is 23.0 Å². The standard InChI is InChI=1S/C54H38N2/c1-5-20-37(21-6-1)49-36-50(56-52(55-49)38-22-7-2-8-23-38)43-30-19-35-48-51(43)53(39-24-9-3-10-25-39,40-26-11-4-12-27-40)46-33-17-18-34-47(46)54(48)44-31-15-13-28-41(44)42-29-14-16-32-45(42)54/h1-36,48,51H. The summed E-state index contributed by atoms with van der Waals surface area (Å²) in [5.74, 6) is 0.660. The molecule has 3 aliphatic carbocycles. The quantitative estimate of drug-likeness (QED) is 0.177. The van der Waals surface area contributed by atoms with E-state index in [-0.39, 0.29) is 11.8 Å². The van der Waals surface area contributed by atoms with Gasteiger partial charge in [0.05, 0.1) is 22.2 Å². The van der Waals surface area contributed by atoms with Gasteiger partial charge in [0.1, 0.15) is 0 Å². The van der Waals surface area contributed by atoms with E-state index in [9.17, 15) is 0 Å². The zero-order chi connectivity index (χ0) is 37.1. The number of allylic oxidation sites excluding steroid dienone is 4. The first-order valence-corrected chi connectivity index (χ1v) is 19.6. The average molecular weight is 715 g/mol. The van der Waals surface area contributed by atoms with Gasteiger partial charge in [-0.25, -0.2) is 9.97 Å². The summed E-state index contributed by atoms with van der Waals surface area (Å²) in [4.78, 5) is 10.8. The van der Waals surface area contributed by atoms with Gasteiger partial charge in [-0.1, -0.05) is 212 Å². The molecule has 264 valence electrons. The van der Waals surface area contributed by atoms with Gasteiger partial charge in [-0.3, -0.25) is 0 Å². The fourth-order valence-electron chi connectivity index (χ4n) is 10.6. The van der Waals surface area contributed by atoms with E-state index in [1.54, 1.807) is 0 Å². The Hall–Kier alpha value is -6.90. The van der Waals surface area contributed by atoms with Crippen molar-refractivity contribution in [1.82, 2.24) is 9.97 Å². The number of aromatic nitrogens is 2. The predicted octanol–water partition coefficient (Wildman–Crippen LogP) is 12.4. The van der Waals surface area contributed by atoms with Crippen molar-refractivity contribution < 1.29 is 0 Å². The number of hydrogen-bond acceptors (Lipinski definition) is 2. The lowest BCUT2D eigenvalue weighted by Crippen LogP contribution is -2.55. The Bertz CT molecular complexity index is 2660. The van der Waals surface area contributed by atoms with Crippen LogP contribution < -0.4 is 0 Å². The fourth-order valence-corrected chi connectivity index (χ4v) is 10.6. The second kappa shape index (κ2) is 12.9. The van der Waals surface area contributed by atoms with Gasteiger partial charge in [-0.2, -0.15) is 0 Å². The van der Waals surface area contributed by atoms with Crippen molar-refractivity contribution in [3.8, 4) is 33.8 Å².